The number of aryl methyl sites for hydroxylation is 2. The van der Waals surface area contributed by atoms with E-state index in [-0.39, 0.29) is 0 Å². The van der Waals surface area contributed by atoms with Crippen molar-refractivity contribution in [1.82, 2.24) is 9.13 Å². The van der Waals surface area contributed by atoms with Crippen molar-refractivity contribution in [2.75, 3.05) is 0 Å². The maximum atomic E-state index is 2.53. The van der Waals surface area contributed by atoms with E-state index in [4.69, 9.17) is 0 Å². The molecule has 0 aliphatic carbocycles. The molecule has 0 saturated heterocycles. The number of nitrogens with zero attached hydrogens (tertiary/aromatic N) is 2. The normalized spacial score (nSPS) is 12.0. The highest BCUT2D eigenvalue weighted by atomic mass is 15.0. The molecule has 0 aliphatic heterocycles. The van der Waals surface area contributed by atoms with Gasteiger partial charge in [0.15, 0.2) is 0 Å². The monoisotopic (exact) mass is 892 g/mol. The Balaban J connectivity index is 1.19. The smallest absolute Gasteiger partial charge is 0.0497 e. The summed E-state index contributed by atoms with van der Waals surface area (Å²) < 4.78 is 4.95. The molecule has 2 heteroatoms. The second-order valence-corrected chi connectivity index (χ2v) is 18.8. The van der Waals surface area contributed by atoms with Gasteiger partial charge in [-0.25, -0.2) is 0 Å². The number of aromatic nitrogens is 2. The first-order chi connectivity index (χ1) is 34.7. The second-order valence-electron chi connectivity index (χ2n) is 18.8. The van der Waals surface area contributed by atoms with Gasteiger partial charge in [0.1, 0.15) is 0 Å². The Morgan fingerprint density at radius 2 is 0.543 bits per heavy atom. The fraction of sp³-hybridized carbons (Fsp3) is 0.0588. The fourth-order valence-corrected chi connectivity index (χ4v) is 12.4. The molecule has 0 bridgehead atoms. The van der Waals surface area contributed by atoms with Gasteiger partial charge in [0.05, 0.1) is 0 Å². The Morgan fingerprint density at radius 3 is 0.943 bits per heavy atom. The van der Waals surface area contributed by atoms with Crippen LogP contribution in [0.15, 0.2) is 231 Å². The molecule has 2 nitrogen and oxygen atoms in total. The third-order valence-corrected chi connectivity index (χ3v) is 15.3. The van der Waals surface area contributed by atoms with Crippen molar-refractivity contribution in [2.45, 2.75) is 26.9 Å². The van der Waals surface area contributed by atoms with E-state index in [1.54, 1.807) is 0 Å². The van der Waals surface area contributed by atoms with Crippen molar-refractivity contribution in [1.29, 1.82) is 0 Å². The summed E-state index contributed by atoms with van der Waals surface area (Å²) >= 11 is 0. The van der Waals surface area contributed by atoms with E-state index in [1.165, 1.54) is 142 Å². The molecule has 0 amide bonds. The molecule has 14 aromatic rings. The third-order valence-electron chi connectivity index (χ3n) is 15.3. The molecule has 14 rings (SSSR count). The SMILES string of the molecule is CCn1c2ccccc2c2c(-c3cccc4c(-c5c6cccc(-c7ccccc7)c6cc6c(-c7ccccc7)cccc56)c5cccc(-c6cccc7c6c6ccccc6n7CC)c5cc34)cccc21. The minimum atomic E-state index is 0.894. The van der Waals surface area contributed by atoms with E-state index in [9.17, 15) is 0 Å². The Labute approximate surface area is 406 Å². The molecule has 0 radical (unpaired) electrons. The Morgan fingerprint density at radius 1 is 0.243 bits per heavy atom. The van der Waals surface area contributed by atoms with Crippen LogP contribution in [0.25, 0.3) is 142 Å². The minimum Gasteiger partial charge on any atom is -0.341 e. The van der Waals surface area contributed by atoms with Gasteiger partial charge in [0.2, 0.25) is 0 Å². The predicted octanol–water partition coefficient (Wildman–Crippen LogP) is 18.9. The molecule has 2 heterocycles. The van der Waals surface area contributed by atoms with Crippen LogP contribution < -0.4 is 0 Å². The zero-order valence-electron chi connectivity index (χ0n) is 39.2. The molecule has 0 spiro atoms. The highest BCUT2D eigenvalue weighted by Gasteiger charge is 2.24. The minimum absolute atomic E-state index is 0.894. The summed E-state index contributed by atoms with van der Waals surface area (Å²) in [6.45, 7) is 6.31. The number of para-hydroxylation sites is 2. The van der Waals surface area contributed by atoms with Gasteiger partial charge in [-0.05, 0) is 149 Å². The fourth-order valence-electron chi connectivity index (χ4n) is 12.4. The average molecular weight is 893 g/mol. The first kappa shape index (κ1) is 40.4. The van der Waals surface area contributed by atoms with Crippen molar-refractivity contribution in [3.05, 3.63) is 231 Å². The van der Waals surface area contributed by atoms with Crippen molar-refractivity contribution in [3.8, 4) is 55.6 Å². The molecular weight excluding hydrogens is 845 g/mol. The van der Waals surface area contributed by atoms with Crippen molar-refractivity contribution in [2.24, 2.45) is 0 Å². The standard InChI is InChI=1S/C68H48N2/c1-3-69-61-37-13-11-25-55(61)65-49(35-19-39-63(65)69)47-29-17-33-53-59(47)42-60-48(50-36-20-40-64-66(50)56-26-12-14-38-62(56)70(64)4-2)30-18-34-54(60)68(53)67-51-31-15-27-45(43-21-7-5-8-22-43)57(51)41-58-46(28-16-32-52(58)67)44-23-9-6-10-24-44/h5-42H,3-4H2,1-2H3. The Bertz CT molecular complexity index is 4140. The highest BCUT2D eigenvalue weighted by Crippen LogP contribution is 2.51. The summed E-state index contributed by atoms with van der Waals surface area (Å²) in [6, 6.07) is 86.5. The Hall–Kier alpha value is -8.72. The van der Waals surface area contributed by atoms with E-state index < -0.39 is 0 Å². The van der Waals surface area contributed by atoms with Gasteiger partial charge in [-0.3, -0.25) is 0 Å². The molecule has 12 aromatic carbocycles. The number of rotatable bonds is 7. The third kappa shape index (κ3) is 5.87. The topological polar surface area (TPSA) is 9.86 Å². The first-order valence-electron chi connectivity index (χ1n) is 24.8. The summed E-state index contributed by atoms with van der Waals surface area (Å²) in [5.41, 5.74) is 17.4. The number of fused-ring (bicyclic) bond motifs is 10. The lowest BCUT2D eigenvalue weighted by Gasteiger charge is -2.22. The molecule has 0 N–H and O–H groups in total. The van der Waals surface area contributed by atoms with Gasteiger partial charge in [-0.15, -0.1) is 0 Å². The number of benzene rings is 12. The molecular formula is C68H48N2. The van der Waals surface area contributed by atoms with Crippen molar-refractivity contribution < 1.29 is 0 Å². The molecule has 2 aromatic heterocycles. The first-order valence-corrected chi connectivity index (χ1v) is 24.8. The van der Waals surface area contributed by atoms with E-state index in [2.05, 4.69) is 254 Å². The van der Waals surface area contributed by atoms with Crippen LogP contribution in [-0.4, -0.2) is 9.13 Å². The molecule has 0 unspecified atom stereocenters. The number of hydrogen-bond donors (Lipinski definition) is 0. The maximum Gasteiger partial charge on any atom is 0.0497 e. The van der Waals surface area contributed by atoms with Crippen molar-refractivity contribution >= 4 is 86.7 Å². The van der Waals surface area contributed by atoms with Gasteiger partial charge in [-0.2, -0.15) is 0 Å². The lowest BCUT2D eigenvalue weighted by Crippen LogP contribution is -1.95. The predicted molar refractivity (Wildman–Crippen MR) is 301 cm³/mol. The summed E-state index contributed by atoms with van der Waals surface area (Å²) in [5.74, 6) is 0. The van der Waals surface area contributed by atoms with Crippen LogP contribution in [0.2, 0.25) is 0 Å². The molecule has 330 valence electrons. The van der Waals surface area contributed by atoms with Crippen LogP contribution in [0.3, 0.4) is 0 Å². The number of hydrogen-bond acceptors (Lipinski definition) is 0. The summed E-state index contributed by atoms with van der Waals surface area (Å²) in [7, 11) is 0. The van der Waals surface area contributed by atoms with Crippen molar-refractivity contribution in [3.63, 3.8) is 0 Å². The van der Waals surface area contributed by atoms with Gasteiger partial charge in [0, 0.05) is 56.7 Å². The quantitative estimate of drug-likeness (QED) is 0.141. The van der Waals surface area contributed by atoms with Gasteiger partial charge >= 0.3 is 0 Å². The molecule has 70 heavy (non-hydrogen) atoms. The summed E-state index contributed by atoms with van der Waals surface area (Å²) in [6.07, 6.45) is 0. The highest BCUT2D eigenvalue weighted by molar-refractivity contribution is 6.30. The molecule has 0 aliphatic rings. The molecule has 0 saturated carbocycles. The molecule has 0 atom stereocenters. The van der Waals surface area contributed by atoms with E-state index >= 15 is 0 Å². The Kier molecular flexibility index (Phi) is 9.19. The van der Waals surface area contributed by atoms with Gasteiger partial charge in [0.25, 0.3) is 0 Å². The van der Waals surface area contributed by atoms with Gasteiger partial charge in [-0.1, -0.05) is 194 Å². The maximum absolute atomic E-state index is 2.53. The summed E-state index contributed by atoms with van der Waals surface area (Å²) in [4.78, 5) is 0. The zero-order chi connectivity index (χ0) is 46.5. The lowest BCUT2D eigenvalue weighted by molar-refractivity contribution is 0.827. The van der Waals surface area contributed by atoms with Crippen LogP contribution in [0.1, 0.15) is 13.8 Å². The second kappa shape index (κ2) is 15.9. The summed E-state index contributed by atoms with van der Waals surface area (Å²) in [5, 5.41) is 15.1. The van der Waals surface area contributed by atoms with Crippen LogP contribution in [0.5, 0.6) is 0 Å². The van der Waals surface area contributed by atoms with Crippen LogP contribution >= 0.6 is 0 Å². The van der Waals surface area contributed by atoms with E-state index in [0.717, 1.165) is 13.1 Å². The van der Waals surface area contributed by atoms with Crippen LogP contribution in [0, 0.1) is 0 Å². The van der Waals surface area contributed by atoms with Crippen LogP contribution in [-0.2, 0) is 13.1 Å². The lowest BCUT2D eigenvalue weighted by atomic mass is 9.81. The largest absolute Gasteiger partial charge is 0.341 e. The zero-order valence-corrected chi connectivity index (χ0v) is 39.2. The van der Waals surface area contributed by atoms with E-state index in [0.29, 0.717) is 0 Å². The molecule has 0 fully saturated rings. The van der Waals surface area contributed by atoms with Crippen LogP contribution in [0.4, 0.5) is 0 Å². The van der Waals surface area contributed by atoms with Gasteiger partial charge < -0.3 is 9.13 Å². The average Bonchev–Trinajstić information content (AvgIpc) is 3.94. The van der Waals surface area contributed by atoms with E-state index in [1.807, 2.05) is 0 Å².